The number of benzene rings is 2. The lowest BCUT2D eigenvalue weighted by molar-refractivity contribution is -0.137. The van der Waals surface area contributed by atoms with Gasteiger partial charge in [0.05, 0.1) is 11.3 Å². The normalized spacial score (nSPS) is 16.4. The number of anilines is 2. The van der Waals surface area contributed by atoms with Crippen molar-refractivity contribution in [2.75, 3.05) is 37.8 Å². The SMILES string of the molecule is CN(C)CCNc1ccc(N=CC2C(=O)Nc3cc(F)ccc32)cc1C(F)(F)F. The van der Waals surface area contributed by atoms with E-state index in [0.29, 0.717) is 24.3 Å². The van der Waals surface area contributed by atoms with Crippen LogP contribution in [0.1, 0.15) is 17.0 Å². The number of nitrogens with zero attached hydrogens (tertiary/aromatic N) is 2. The first-order valence-corrected chi connectivity index (χ1v) is 8.89. The fourth-order valence-corrected chi connectivity index (χ4v) is 2.98. The maximum Gasteiger partial charge on any atom is 0.418 e. The number of amides is 1. The highest BCUT2D eigenvalue weighted by Gasteiger charge is 2.34. The molecule has 1 aliphatic rings. The molecule has 2 N–H and O–H groups in total. The third-order valence-electron chi connectivity index (χ3n) is 4.45. The second kappa shape index (κ2) is 8.20. The van der Waals surface area contributed by atoms with Crippen molar-refractivity contribution >= 4 is 29.2 Å². The Balaban J connectivity index is 1.83. The summed E-state index contributed by atoms with van der Waals surface area (Å²) in [5, 5.41) is 5.33. The average Bonchev–Trinajstić information content (AvgIpc) is 2.93. The topological polar surface area (TPSA) is 56.7 Å². The summed E-state index contributed by atoms with van der Waals surface area (Å²) in [4.78, 5) is 18.0. The molecule has 2 aromatic rings. The largest absolute Gasteiger partial charge is 0.418 e. The van der Waals surface area contributed by atoms with Gasteiger partial charge in [0.25, 0.3) is 0 Å². The molecular formula is C20H20F4N4O. The van der Waals surface area contributed by atoms with Crippen molar-refractivity contribution in [1.29, 1.82) is 0 Å². The Morgan fingerprint density at radius 3 is 2.66 bits per heavy atom. The number of carbonyl (C=O) groups excluding carboxylic acids is 1. The molecule has 9 heteroatoms. The third-order valence-corrected chi connectivity index (χ3v) is 4.45. The Morgan fingerprint density at radius 2 is 1.97 bits per heavy atom. The first-order valence-electron chi connectivity index (χ1n) is 8.89. The van der Waals surface area contributed by atoms with Gasteiger partial charge >= 0.3 is 6.18 Å². The van der Waals surface area contributed by atoms with Gasteiger partial charge in [0.2, 0.25) is 5.91 Å². The summed E-state index contributed by atoms with van der Waals surface area (Å²) in [6.07, 6.45) is -3.28. The maximum absolute atomic E-state index is 13.5. The molecule has 0 saturated carbocycles. The van der Waals surface area contributed by atoms with Gasteiger partial charge in [-0.05, 0) is 50.0 Å². The zero-order valence-corrected chi connectivity index (χ0v) is 15.8. The molecule has 1 aliphatic heterocycles. The summed E-state index contributed by atoms with van der Waals surface area (Å²) >= 11 is 0. The summed E-state index contributed by atoms with van der Waals surface area (Å²) in [6, 6.07) is 7.57. The molecule has 0 fully saturated rings. The predicted octanol–water partition coefficient (Wildman–Crippen LogP) is 4.26. The maximum atomic E-state index is 13.5. The van der Waals surface area contributed by atoms with Crippen LogP contribution in [0.15, 0.2) is 41.4 Å². The first-order chi connectivity index (χ1) is 13.6. The van der Waals surface area contributed by atoms with E-state index >= 15 is 0 Å². The number of fused-ring (bicyclic) bond motifs is 1. The Labute approximate surface area is 165 Å². The minimum atomic E-state index is -4.55. The van der Waals surface area contributed by atoms with Gasteiger partial charge in [-0.1, -0.05) is 6.07 Å². The van der Waals surface area contributed by atoms with Crippen LogP contribution < -0.4 is 10.6 Å². The zero-order chi connectivity index (χ0) is 21.2. The van der Waals surface area contributed by atoms with E-state index in [1.165, 1.54) is 36.5 Å². The quantitative estimate of drug-likeness (QED) is 0.555. The molecule has 0 aliphatic carbocycles. The highest BCUT2D eigenvalue weighted by Crippen LogP contribution is 2.38. The molecule has 29 heavy (non-hydrogen) atoms. The summed E-state index contributed by atoms with van der Waals surface area (Å²) in [5.41, 5.74) is 0.0712. The predicted molar refractivity (Wildman–Crippen MR) is 104 cm³/mol. The fraction of sp³-hybridized carbons (Fsp3) is 0.300. The van der Waals surface area contributed by atoms with Crippen LogP contribution in [-0.4, -0.2) is 44.2 Å². The van der Waals surface area contributed by atoms with Gasteiger partial charge in [-0.3, -0.25) is 9.79 Å². The van der Waals surface area contributed by atoms with Gasteiger partial charge in [0.15, 0.2) is 0 Å². The van der Waals surface area contributed by atoms with Crippen molar-refractivity contribution in [2.24, 2.45) is 4.99 Å². The van der Waals surface area contributed by atoms with Crippen molar-refractivity contribution in [3.63, 3.8) is 0 Å². The molecule has 2 aromatic carbocycles. The fourth-order valence-electron chi connectivity index (χ4n) is 2.98. The molecule has 1 amide bonds. The van der Waals surface area contributed by atoms with E-state index in [9.17, 15) is 22.4 Å². The molecular weight excluding hydrogens is 388 g/mol. The second-order valence-corrected chi connectivity index (χ2v) is 6.93. The number of nitrogens with one attached hydrogen (secondary N) is 2. The smallest absolute Gasteiger partial charge is 0.383 e. The summed E-state index contributed by atoms with van der Waals surface area (Å²) in [6.45, 7) is 0.933. The van der Waals surface area contributed by atoms with Crippen molar-refractivity contribution in [1.82, 2.24) is 4.90 Å². The minimum Gasteiger partial charge on any atom is -0.383 e. The molecule has 1 atom stereocenters. The Kier molecular flexibility index (Phi) is 5.88. The molecule has 0 spiro atoms. The van der Waals surface area contributed by atoms with Crippen LogP contribution in [-0.2, 0) is 11.0 Å². The standard InChI is InChI=1S/C20H20F4N4O/c1-28(2)8-7-25-17-6-4-13(10-16(17)20(22,23)24)26-11-15-14-5-3-12(21)9-18(14)27-19(15)29/h3-6,9-11,15,25H,7-8H2,1-2H3,(H,27,29). The van der Waals surface area contributed by atoms with E-state index in [4.69, 9.17) is 0 Å². The van der Waals surface area contributed by atoms with Crippen molar-refractivity contribution in [2.45, 2.75) is 12.1 Å². The number of hydrogen-bond donors (Lipinski definition) is 2. The van der Waals surface area contributed by atoms with E-state index in [0.717, 1.165) is 6.07 Å². The van der Waals surface area contributed by atoms with E-state index in [-0.39, 0.29) is 11.4 Å². The number of halogens is 4. The molecule has 154 valence electrons. The van der Waals surface area contributed by atoms with Crippen LogP contribution in [0.4, 0.5) is 34.6 Å². The molecule has 0 aromatic heterocycles. The lowest BCUT2D eigenvalue weighted by Gasteiger charge is -2.16. The van der Waals surface area contributed by atoms with Gasteiger partial charge in [-0.2, -0.15) is 13.2 Å². The monoisotopic (exact) mass is 408 g/mol. The van der Waals surface area contributed by atoms with Crippen LogP contribution in [0.2, 0.25) is 0 Å². The zero-order valence-electron chi connectivity index (χ0n) is 15.8. The Bertz CT molecular complexity index is 941. The Hall–Kier alpha value is -2.94. The number of carbonyl (C=O) groups is 1. The number of hydrogen-bond acceptors (Lipinski definition) is 4. The lowest BCUT2D eigenvalue weighted by atomic mass is 10.0. The molecule has 0 saturated heterocycles. The number of likely N-dealkylation sites (N-methyl/N-ethyl adjacent to an activating group) is 1. The van der Waals surface area contributed by atoms with Crippen LogP contribution in [0, 0.1) is 5.82 Å². The first kappa shape index (κ1) is 20.8. The van der Waals surface area contributed by atoms with Gasteiger partial charge in [-0.25, -0.2) is 4.39 Å². The van der Waals surface area contributed by atoms with Crippen LogP contribution in [0.3, 0.4) is 0 Å². The molecule has 1 unspecified atom stereocenters. The highest BCUT2D eigenvalue weighted by atomic mass is 19.4. The minimum absolute atomic E-state index is 0.0299. The van der Waals surface area contributed by atoms with E-state index < -0.39 is 29.4 Å². The highest BCUT2D eigenvalue weighted by molar-refractivity contribution is 6.12. The molecule has 1 heterocycles. The molecule has 3 rings (SSSR count). The second-order valence-electron chi connectivity index (χ2n) is 6.93. The van der Waals surface area contributed by atoms with Gasteiger partial charge < -0.3 is 15.5 Å². The van der Waals surface area contributed by atoms with Crippen molar-refractivity contribution < 1.29 is 22.4 Å². The van der Waals surface area contributed by atoms with E-state index in [2.05, 4.69) is 15.6 Å². The summed E-state index contributed by atoms with van der Waals surface area (Å²) < 4.78 is 53.6. The Morgan fingerprint density at radius 1 is 1.21 bits per heavy atom. The van der Waals surface area contributed by atoms with Crippen molar-refractivity contribution in [3.05, 3.63) is 53.3 Å². The van der Waals surface area contributed by atoms with Crippen LogP contribution in [0.25, 0.3) is 0 Å². The van der Waals surface area contributed by atoms with Crippen molar-refractivity contribution in [3.8, 4) is 0 Å². The summed E-state index contributed by atoms with van der Waals surface area (Å²) in [5.74, 6) is -1.70. The number of rotatable bonds is 6. The molecule has 5 nitrogen and oxygen atoms in total. The van der Waals surface area contributed by atoms with Gasteiger partial charge in [-0.15, -0.1) is 0 Å². The third kappa shape index (κ3) is 4.92. The average molecular weight is 408 g/mol. The molecule has 0 radical (unpaired) electrons. The van der Waals surface area contributed by atoms with Gasteiger partial charge in [0.1, 0.15) is 11.7 Å². The van der Waals surface area contributed by atoms with E-state index in [1.807, 2.05) is 19.0 Å². The summed E-state index contributed by atoms with van der Waals surface area (Å²) in [7, 11) is 3.66. The van der Waals surface area contributed by atoms with Crippen LogP contribution in [0.5, 0.6) is 0 Å². The molecule has 0 bridgehead atoms. The van der Waals surface area contributed by atoms with Gasteiger partial charge in [0, 0.05) is 30.7 Å². The number of alkyl halides is 3. The number of aliphatic imine (C=N–C) groups is 1. The van der Waals surface area contributed by atoms with E-state index in [1.54, 1.807) is 0 Å². The lowest BCUT2D eigenvalue weighted by Crippen LogP contribution is -2.22. The van der Waals surface area contributed by atoms with Crippen LogP contribution >= 0.6 is 0 Å².